The lowest BCUT2D eigenvalue weighted by Crippen LogP contribution is -1.96. The Morgan fingerprint density at radius 2 is 2.00 bits per heavy atom. The van der Waals surface area contributed by atoms with E-state index in [0.717, 1.165) is 0 Å². The molecule has 0 spiro atoms. The molecular formula is C15H19N. The van der Waals surface area contributed by atoms with Crippen molar-refractivity contribution in [1.82, 2.24) is 0 Å². The quantitative estimate of drug-likeness (QED) is 0.824. The molecule has 2 aromatic carbocycles. The van der Waals surface area contributed by atoms with Gasteiger partial charge in [-0.25, -0.2) is 0 Å². The van der Waals surface area contributed by atoms with Gasteiger partial charge in [0.15, 0.2) is 0 Å². The molecule has 0 bridgehead atoms. The Bertz CT molecular complexity index is 474. The highest BCUT2D eigenvalue weighted by molar-refractivity contribution is 5.86. The van der Waals surface area contributed by atoms with Crippen molar-refractivity contribution in [3.63, 3.8) is 0 Å². The second kappa shape index (κ2) is 5.13. The van der Waals surface area contributed by atoms with Crippen LogP contribution < -0.4 is 5.73 Å². The van der Waals surface area contributed by atoms with Crippen molar-refractivity contribution in [2.24, 2.45) is 5.73 Å². The summed E-state index contributed by atoms with van der Waals surface area (Å²) < 4.78 is 0. The number of aryl methyl sites for hydroxylation is 1. The summed E-state index contributed by atoms with van der Waals surface area (Å²) in [4.78, 5) is 0. The van der Waals surface area contributed by atoms with Gasteiger partial charge in [-0.15, -0.1) is 0 Å². The third kappa shape index (κ3) is 2.25. The van der Waals surface area contributed by atoms with Crippen molar-refractivity contribution >= 4 is 10.8 Å². The van der Waals surface area contributed by atoms with E-state index in [-0.39, 0.29) is 0 Å². The molecule has 0 saturated carbocycles. The number of benzene rings is 2. The van der Waals surface area contributed by atoms with Gasteiger partial charge in [-0.3, -0.25) is 0 Å². The van der Waals surface area contributed by atoms with Crippen LogP contribution in [0.2, 0.25) is 0 Å². The van der Waals surface area contributed by atoms with Gasteiger partial charge in [-0.2, -0.15) is 0 Å². The minimum Gasteiger partial charge on any atom is -0.326 e. The van der Waals surface area contributed by atoms with Gasteiger partial charge in [0.1, 0.15) is 0 Å². The van der Waals surface area contributed by atoms with E-state index in [2.05, 4.69) is 43.3 Å². The minimum atomic E-state index is 0.620. The molecule has 2 aromatic rings. The van der Waals surface area contributed by atoms with Crippen molar-refractivity contribution < 1.29 is 0 Å². The van der Waals surface area contributed by atoms with Crippen LogP contribution >= 0.6 is 0 Å². The van der Waals surface area contributed by atoms with Gasteiger partial charge in [0.2, 0.25) is 0 Å². The smallest absolute Gasteiger partial charge is 0.0178 e. The molecule has 84 valence electrons. The SMILES string of the molecule is CCCCc1cccc2cc(CN)ccc12. The Labute approximate surface area is 97.3 Å². The Hall–Kier alpha value is -1.34. The molecule has 2 rings (SSSR count). The topological polar surface area (TPSA) is 26.0 Å². The molecule has 0 fully saturated rings. The van der Waals surface area contributed by atoms with Crippen LogP contribution in [0.5, 0.6) is 0 Å². The standard InChI is InChI=1S/C15H19N/c1-2-3-5-13-6-4-7-14-10-12(11-16)8-9-15(13)14/h4,6-10H,2-3,5,11,16H2,1H3. The van der Waals surface area contributed by atoms with E-state index in [1.165, 1.54) is 41.2 Å². The Kier molecular flexibility index (Phi) is 3.58. The van der Waals surface area contributed by atoms with E-state index in [4.69, 9.17) is 5.73 Å². The van der Waals surface area contributed by atoms with Crippen LogP contribution in [0.4, 0.5) is 0 Å². The summed E-state index contributed by atoms with van der Waals surface area (Å²) in [5.41, 5.74) is 8.33. The molecule has 1 heteroatoms. The highest BCUT2D eigenvalue weighted by atomic mass is 14.5. The fourth-order valence-corrected chi connectivity index (χ4v) is 2.11. The normalized spacial score (nSPS) is 10.9. The van der Waals surface area contributed by atoms with Crippen LogP contribution in [0.15, 0.2) is 36.4 Å². The average Bonchev–Trinajstić information content (AvgIpc) is 2.35. The first-order valence-electron chi connectivity index (χ1n) is 6.05. The van der Waals surface area contributed by atoms with Crippen molar-refractivity contribution in [3.8, 4) is 0 Å². The van der Waals surface area contributed by atoms with Crippen LogP contribution in [-0.2, 0) is 13.0 Å². The number of fused-ring (bicyclic) bond motifs is 1. The van der Waals surface area contributed by atoms with Gasteiger partial charge in [0.05, 0.1) is 0 Å². The molecule has 16 heavy (non-hydrogen) atoms. The largest absolute Gasteiger partial charge is 0.326 e. The lowest BCUT2D eigenvalue weighted by molar-refractivity contribution is 0.799. The second-order valence-corrected chi connectivity index (χ2v) is 4.28. The monoisotopic (exact) mass is 213 g/mol. The maximum absolute atomic E-state index is 5.66. The van der Waals surface area contributed by atoms with Crippen molar-refractivity contribution in [2.75, 3.05) is 0 Å². The molecule has 0 heterocycles. The molecular weight excluding hydrogens is 194 g/mol. The van der Waals surface area contributed by atoms with Crippen molar-refractivity contribution in [2.45, 2.75) is 32.7 Å². The van der Waals surface area contributed by atoms with E-state index in [0.29, 0.717) is 6.54 Å². The van der Waals surface area contributed by atoms with E-state index < -0.39 is 0 Å². The van der Waals surface area contributed by atoms with Gasteiger partial charge in [-0.1, -0.05) is 43.7 Å². The predicted molar refractivity (Wildman–Crippen MR) is 70.5 cm³/mol. The van der Waals surface area contributed by atoms with Gasteiger partial charge in [-0.05, 0) is 40.8 Å². The maximum atomic E-state index is 5.66. The van der Waals surface area contributed by atoms with Crippen LogP contribution in [0, 0.1) is 0 Å². The van der Waals surface area contributed by atoms with Gasteiger partial charge >= 0.3 is 0 Å². The van der Waals surface area contributed by atoms with E-state index in [9.17, 15) is 0 Å². The molecule has 1 nitrogen and oxygen atoms in total. The summed E-state index contributed by atoms with van der Waals surface area (Å²) >= 11 is 0. The van der Waals surface area contributed by atoms with Crippen LogP contribution in [-0.4, -0.2) is 0 Å². The van der Waals surface area contributed by atoms with E-state index in [1.54, 1.807) is 0 Å². The number of nitrogens with two attached hydrogens (primary N) is 1. The summed E-state index contributed by atoms with van der Waals surface area (Å²) in [7, 11) is 0. The fourth-order valence-electron chi connectivity index (χ4n) is 2.11. The minimum absolute atomic E-state index is 0.620. The fraction of sp³-hybridized carbons (Fsp3) is 0.333. The van der Waals surface area contributed by atoms with Crippen molar-refractivity contribution in [1.29, 1.82) is 0 Å². The Morgan fingerprint density at radius 3 is 2.75 bits per heavy atom. The number of hydrogen-bond donors (Lipinski definition) is 1. The summed E-state index contributed by atoms with van der Waals surface area (Å²) in [5, 5.41) is 2.70. The van der Waals surface area contributed by atoms with Gasteiger partial charge < -0.3 is 5.73 Å². The first-order valence-corrected chi connectivity index (χ1v) is 6.05. The molecule has 0 aliphatic rings. The van der Waals surface area contributed by atoms with Gasteiger partial charge in [0, 0.05) is 6.54 Å². The molecule has 0 amide bonds. The van der Waals surface area contributed by atoms with Gasteiger partial charge in [0.25, 0.3) is 0 Å². The summed E-state index contributed by atoms with van der Waals surface area (Å²) in [6, 6.07) is 13.1. The third-order valence-electron chi connectivity index (χ3n) is 3.07. The molecule has 0 radical (unpaired) electrons. The molecule has 0 aliphatic carbocycles. The first kappa shape index (κ1) is 11.2. The van der Waals surface area contributed by atoms with E-state index in [1.807, 2.05) is 0 Å². The zero-order chi connectivity index (χ0) is 11.4. The van der Waals surface area contributed by atoms with Crippen molar-refractivity contribution in [3.05, 3.63) is 47.5 Å². The molecule has 0 saturated heterocycles. The summed E-state index contributed by atoms with van der Waals surface area (Å²) in [6.07, 6.45) is 3.69. The molecule has 2 N–H and O–H groups in total. The molecule has 0 aliphatic heterocycles. The second-order valence-electron chi connectivity index (χ2n) is 4.28. The Balaban J connectivity index is 2.43. The maximum Gasteiger partial charge on any atom is 0.0178 e. The lowest BCUT2D eigenvalue weighted by atomic mass is 9.99. The predicted octanol–water partition coefficient (Wildman–Crippen LogP) is 3.64. The first-order chi connectivity index (χ1) is 7.85. The highest BCUT2D eigenvalue weighted by Gasteiger charge is 2.01. The molecule has 0 atom stereocenters. The summed E-state index contributed by atoms with van der Waals surface area (Å²) in [5.74, 6) is 0. The number of hydrogen-bond acceptors (Lipinski definition) is 1. The molecule has 0 aromatic heterocycles. The molecule has 0 unspecified atom stereocenters. The highest BCUT2D eigenvalue weighted by Crippen LogP contribution is 2.21. The average molecular weight is 213 g/mol. The Morgan fingerprint density at radius 1 is 1.12 bits per heavy atom. The zero-order valence-corrected chi connectivity index (χ0v) is 9.87. The number of unbranched alkanes of at least 4 members (excludes halogenated alkanes) is 1. The zero-order valence-electron chi connectivity index (χ0n) is 9.87. The van der Waals surface area contributed by atoms with Crippen LogP contribution in [0.25, 0.3) is 10.8 Å². The summed E-state index contributed by atoms with van der Waals surface area (Å²) in [6.45, 7) is 2.85. The lowest BCUT2D eigenvalue weighted by Gasteiger charge is -2.07. The van der Waals surface area contributed by atoms with Crippen LogP contribution in [0.3, 0.4) is 0 Å². The number of rotatable bonds is 4. The van der Waals surface area contributed by atoms with Crippen LogP contribution in [0.1, 0.15) is 30.9 Å². The van der Waals surface area contributed by atoms with E-state index >= 15 is 0 Å². The third-order valence-corrected chi connectivity index (χ3v) is 3.07.